The van der Waals surface area contributed by atoms with Gasteiger partial charge < -0.3 is 15.3 Å². The maximum absolute atomic E-state index is 9.52. The van der Waals surface area contributed by atoms with E-state index in [0.29, 0.717) is 0 Å². The Balaban J connectivity index is 2.10. The molecule has 1 fully saturated rings. The predicted octanol–water partition coefficient (Wildman–Crippen LogP) is 1.80. The highest BCUT2D eigenvalue weighted by atomic mass is 16.3. The fraction of sp³-hybridized carbons (Fsp3) is 0.600. The molecule has 0 radical (unpaired) electrons. The molecule has 18 heavy (non-hydrogen) atoms. The van der Waals surface area contributed by atoms with E-state index in [2.05, 4.69) is 41.4 Å². The maximum Gasteiger partial charge on any atom is 0.0614 e. The molecule has 0 amide bonds. The highest BCUT2D eigenvalue weighted by Crippen LogP contribution is 2.28. The average Bonchev–Trinajstić information content (AvgIpc) is 2.47. The molecule has 0 spiro atoms. The van der Waals surface area contributed by atoms with Crippen molar-refractivity contribution in [3.8, 4) is 0 Å². The lowest BCUT2D eigenvalue weighted by atomic mass is 9.88. The summed E-state index contributed by atoms with van der Waals surface area (Å²) in [5.74, 6) is 0. The second-order valence-electron chi connectivity index (χ2n) is 5.16. The van der Waals surface area contributed by atoms with Gasteiger partial charge in [-0.05, 0) is 37.9 Å². The molecule has 3 heteroatoms. The number of hydrogen-bond donors (Lipinski definition) is 2. The number of hydrogen-bond acceptors (Lipinski definition) is 3. The minimum absolute atomic E-state index is 0.0718. The van der Waals surface area contributed by atoms with Gasteiger partial charge in [0.05, 0.1) is 6.61 Å². The largest absolute Gasteiger partial charge is 0.394 e. The summed E-state index contributed by atoms with van der Waals surface area (Å²) in [5.41, 5.74) is 2.71. The summed E-state index contributed by atoms with van der Waals surface area (Å²) in [6.45, 7) is 4.46. The first kappa shape index (κ1) is 13.4. The van der Waals surface area contributed by atoms with Crippen LogP contribution in [0.5, 0.6) is 0 Å². The van der Waals surface area contributed by atoms with Gasteiger partial charge in [0.2, 0.25) is 0 Å². The van der Waals surface area contributed by atoms with Crippen LogP contribution in [-0.4, -0.2) is 37.4 Å². The monoisotopic (exact) mass is 248 g/mol. The molecule has 1 aliphatic rings. The summed E-state index contributed by atoms with van der Waals surface area (Å²) >= 11 is 0. The smallest absolute Gasteiger partial charge is 0.0614 e. The van der Waals surface area contributed by atoms with E-state index in [1.54, 1.807) is 0 Å². The molecule has 1 aliphatic heterocycles. The summed E-state index contributed by atoms with van der Waals surface area (Å²) in [5, 5.41) is 12.8. The zero-order chi connectivity index (χ0) is 13.0. The van der Waals surface area contributed by atoms with Crippen LogP contribution in [0.3, 0.4) is 0 Å². The minimum atomic E-state index is -0.0718. The number of aliphatic hydroxyl groups is 1. The fourth-order valence-electron chi connectivity index (χ4n) is 2.78. The van der Waals surface area contributed by atoms with Crippen molar-refractivity contribution in [2.75, 3.05) is 31.6 Å². The van der Waals surface area contributed by atoms with Gasteiger partial charge in [-0.2, -0.15) is 0 Å². The third-order valence-corrected chi connectivity index (χ3v) is 4.27. The van der Waals surface area contributed by atoms with Gasteiger partial charge in [-0.3, -0.25) is 0 Å². The van der Waals surface area contributed by atoms with Crippen LogP contribution in [0.15, 0.2) is 24.3 Å². The number of likely N-dealkylation sites (N-methyl/N-ethyl adjacent to an activating group) is 1. The molecule has 1 aromatic rings. The number of piperidine rings is 1. The molecular formula is C15H24N2O. The number of anilines is 1. The molecule has 0 aliphatic carbocycles. The van der Waals surface area contributed by atoms with E-state index in [4.69, 9.17) is 0 Å². The molecule has 1 saturated heterocycles. The lowest BCUT2D eigenvalue weighted by Gasteiger charge is -2.42. The quantitative estimate of drug-likeness (QED) is 0.853. The third kappa shape index (κ3) is 2.52. The number of benzene rings is 1. The van der Waals surface area contributed by atoms with Crippen molar-refractivity contribution in [2.24, 2.45) is 0 Å². The Bertz CT molecular complexity index is 378. The molecule has 0 aromatic heterocycles. The van der Waals surface area contributed by atoms with Crippen molar-refractivity contribution in [1.82, 2.24) is 5.32 Å². The zero-order valence-corrected chi connectivity index (χ0v) is 11.4. The number of rotatable bonds is 4. The van der Waals surface area contributed by atoms with Gasteiger partial charge in [-0.15, -0.1) is 0 Å². The van der Waals surface area contributed by atoms with Crippen LogP contribution in [-0.2, 0) is 6.42 Å². The molecular weight excluding hydrogens is 224 g/mol. The Kier molecular flexibility index (Phi) is 4.25. The predicted molar refractivity (Wildman–Crippen MR) is 76.1 cm³/mol. The molecule has 0 bridgehead atoms. The van der Waals surface area contributed by atoms with Crippen molar-refractivity contribution < 1.29 is 5.11 Å². The van der Waals surface area contributed by atoms with E-state index in [1.165, 1.54) is 11.3 Å². The van der Waals surface area contributed by atoms with Crippen LogP contribution in [0.25, 0.3) is 0 Å². The first-order valence-electron chi connectivity index (χ1n) is 6.87. The molecule has 0 saturated carbocycles. The highest BCUT2D eigenvalue weighted by Gasteiger charge is 2.32. The molecule has 1 heterocycles. The van der Waals surface area contributed by atoms with Crippen molar-refractivity contribution in [2.45, 2.75) is 31.7 Å². The second kappa shape index (κ2) is 5.72. The van der Waals surface area contributed by atoms with Crippen molar-refractivity contribution in [1.29, 1.82) is 0 Å². The van der Waals surface area contributed by atoms with E-state index in [1.807, 2.05) is 7.05 Å². The normalized spacial score (nSPS) is 18.9. The zero-order valence-electron chi connectivity index (χ0n) is 11.4. The minimum Gasteiger partial charge on any atom is -0.394 e. The number of aryl methyl sites for hydroxylation is 1. The van der Waals surface area contributed by atoms with E-state index in [-0.39, 0.29) is 12.1 Å². The lowest BCUT2D eigenvalue weighted by Crippen LogP contribution is -2.54. The van der Waals surface area contributed by atoms with E-state index < -0.39 is 0 Å². The van der Waals surface area contributed by atoms with Gasteiger partial charge in [-0.1, -0.05) is 25.1 Å². The van der Waals surface area contributed by atoms with Crippen LogP contribution in [0, 0.1) is 0 Å². The Morgan fingerprint density at radius 3 is 2.50 bits per heavy atom. The van der Waals surface area contributed by atoms with Gasteiger partial charge in [0.15, 0.2) is 0 Å². The van der Waals surface area contributed by atoms with Gasteiger partial charge >= 0.3 is 0 Å². The molecule has 1 aromatic carbocycles. The summed E-state index contributed by atoms with van der Waals surface area (Å²) < 4.78 is 0. The van der Waals surface area contributed by atoms with Crippen molar-refractivity contribution in [3.05, 3.63) is 29.8 Å². The van der Waals surface area contributed by atoms with Gasteiger partial charge in [0, 0.05) is 24.3 Å². The summed E-state index contributed by atoms with van der Waals surface area (Å²) in [7, 11) is 1.95. The third-order valence-electron chi connectivity index (χ3n) is 4.27. The standard InChI is InChI=1S/C15H24N2O/c1-3-13-6-4-5-7-14(13)17-10-8-15(12-18,16-2)9-11-17/h4-7,16,18H,3,8-12H2,1-2H3. The van der Waals surface area contributed by atoms with Crippen LogP contribution >= 0.6 is 0 Å². The van der Waals surface area contributed by atoms with Gasteiger partial charge in [0.25, 0.3) is 0 Å². The average molecular weight is 248 g/mol. The Hall–Kier alpha value is -1.06. The molecule has 100 valence electrons. The van der Waals surface area contributed by atoms with Crippen molar-refractivity contribution >= 4 is 5.69 Å². The first-order chi connectivity index (χ1) is 8.74. The van der Waals surface area contributed by atoms with Crippen LogP contribution < -0.4 is 10.2 Å². The molecule has 0 atom stereocenters. The summed E-state index contributed by atoms with van der Waals surface area (Å²) in [4.78, 5) is 2.45. The Morgan fingerprint density at radius 2 is 1.94 bits per heavy atom. The summed E-state index contributed by atoms with van der Waals surface area (Å²) in [6.07, 6.45) is 3.07. The molecule has 2 rings (SSSR count). The number of nitrogens with one attached hydrogen (secondary N) is 1. The number of nitrogens with zero attached hydrogens (tertiary/aromatic N) is 1. The topological polar surface area (TPSA) is 35.5 Å². The SMILES string of the molecule is CCc1ccccc1N1CCC(CO)(NC)CC1. The lowest BCUT2D eigenvalue weighted by molar-refractivity contribution is 0.142. The van der Waals surface area contributed by atoms with Crippen LogP contribution in [0.1, 0.15) is 25.3 Å². The molecule has 3 nitrogen and oxygen atoms in total. The maximum atomic E-state index is 9.52. The Morgan fingerprint density at radius 1 is 1.28 bits per heavy atom. The van der Waals surface area contributed by atoms with Crippen LogP contribution in [0.2, 0.25) is 0 Å². The second-order valence-corrected chi connectivity index (χ2v) is 5.16. The Labute approximate surface area is 110 Å². The van der Waals surface area contributed by atoms with Crippen LogP contribution in [0.4, 0.5) is 5.69 Å². The van der Waals surface area contributed by atoms with Crippen molar-refractivity contribution in [3.63, 3.8) is 0 Å². The van der Waals surface area contributed by atoms with E-state index >= 15 is 0 Å². The van der Waals surface area contributed by atoms with Gasteiger partial charge in [0.1, 0.15) is 0 Å². The number of aliphatic hydroxyl groups excluding tert-OH is 1. The molecule has 2 N–H and O–H groups in total. The first-order valence-corrected chi connectivity index (χ1v) is 6.87. The summed E-state index contributed by atoms with van der Waals surface area (Å²) in [6, 6.07) is 8.64. The van der Waals surface area contributed by atoms with Gasteiger partial charge in [-0.25, -0.2) is 0 Å². The highest BCUT2D eigenvalue weighted by molar-refractivity contribution is 5.54. The van der Waals surface area contributed by atoms with E-state index in [0.717, 1.165) is 32.4 Å². The fourth-order valence-corrected chi connectivity index (χ4v) is 2.78. The molecule has 0 unspecified atom stereocenters. The van der Waals surface area contributed by atoms with E-state index in [9.17, 15) is 5.11 Å². The number of para-hydroxylation sites is 1.